The molecule has 0 spiro atoms. The van der Waals surface area contributed by atoms with E-state index in [0.717, 1.165) is 34.4 Å². The molecule has 5 rings (SSSR count). The lowest BCUT2D eigenvalue weighted by Gasteiger charge is -2.33. The zero-order valence-corrected chi connectivity index (χ0v) is 21.2. The number of hydrogen-bond donors (Lipinski definition) is 0. The van der Waals surface area contributed by atoms with E-state index in [2.05, 4.69) is 42.2 Å². The van der Waals surface area contributed by atoms with Gasteiger partial charge in [0, 0.05) is 41.9 Å². The molecular formula is C27H28N4O3S. The van der Waals surface area contributed by atoms with Crippen LogP contribution in [0.25, 0.3) is 22.6 Å². The highest BCUT2D eigenvalue weighted by Crippen LogP contribution is 2.41. The third-order valence-corrected chi connectivity index (χ3v) is 7.26. The summed E-state index contributed by atoms with van der Waals surface area (Å²) in [7, 11) is 1.68. The Kier molecular flexibility index (Phi) is 6.34. The highest BCUT2D eigenvalue weighted by molar-refractivity contribution is 7.99. The molecule has 0 amide bonds. The molecule has 0 fully saturated rings. The van der Waals surface area contributed by atoms with E-state index in [4.69, 9.17) is 14.2 Å². The fourth-order valence-corrected chi connectivity index (χ4v) is 5.53. The molecule has 0 aliphatic heterocycles. The summed E-state index contributed by atoms with van der Waals surface area (Å²) in [5.41, 5.74) is 5.45. The number of benzene rings is 2. The average Bonchev–Trinajstić information content (AvgIpc) is 3.27. The van der Waals surface area contributed by atoms with Gasteiger partial charge in [0.25, 0.3) is 5.56 Å². The van der Waals surface area contributed by atoms with E-state index in [1.807, 2.05) is 34.9 Å². The van der Waals surface area contributed by atoms with Crippen LogP contribution >= 0.6 is 11.8 Å². The van der Waals surface area contributed by atoms with Crippen molar-refractivity contribution in [1.82, 2.24) is 19.7 Å². The summed E-state index contributed by atoms with van der Waals surface area (Å²) < 4.78 is 12.2. The van der Waals surface area contributed by atoms with Crippen molar-refractivity contribution in [2.45, 2.75) is 44.3 Å². The van der Waals surface area contributed by atoms with Gasteiger partial charge >= 0.3 is 0 Å². The van der Waals surface area contributed by atoms with Gasteiger partial charge in [-0.3, -0.25) is 9.36 Å². The largest absolute Gasteiger partial charge is 0.384 e. The van der Waals surface area contributed by atoms with Crippen LogP contribution in [0.4, 0.5) is 0 Å². The summed E-state index contributed by atoms with van der Waals surface area (Å²) in [4.78, 5) is 23.4. The van der Waals surface area contributed by atoms with Crippen molar-refractivity contribution in [2.24, 2.45) is 0 Å². The van der Waals surface area contributed by atoms with Gasteiger partial charge in [0.1, 0.15) is 0 Å². The molecule has 35 heavy (non-hydrogen) atoms. The standard InChI is InChI=1S/C27H28N4O3S/c1-17-28-24(30-34-17)19-11-9-18(10-12-19)16-31-25(32)22-23(29-26(31)35-14-13-33-4)21-8-6-5-7-20(21)15-27(22,2)3/h5-12H,13-16H2,1-4H3. The van der Waals surface area contributed by atoms with Gasteiger partial charge in [0.05, 0.1) is 18.8 Å². The van der Waals surface area contributed by atoms with Gasteiger partial charge in [-0.15, -0.1) is 0 Å². The minimum atomic E-state index is -0.314. The molecule has 7 nitrogen and oxygen atoms in total. The average molecular weight is 489 g/mol. The monoisotopic (exact) mass is 488 g/mol. The fraction of sp³-hybridized carbons (Fsp3) is 0.333. The Morgan fingerprint density at radius 1 is 1.11 bits per heavy atom. The van der Waals surface area contributed by atoms with Crippen LogP contribution in [-0.2, 0) is 23.1 Å². The minimum absolute atomic E-state index is 0.0206. The Labute approximate surface area is 208 Å². The summed E-state index contributed by atoms with van der Waals surface area (Å²) >= 11 is 1.55. The maximum atomic E-state index is 14.0. The van der Waals surface area contributed by atoms with Crippen LogP contribution in [0.15, 0.2) is 63.0 Å². The number of rotatable bonds is 7. The molecule has 2 aromatic carbocycles. The first kappa shape index (κ1) is 23.5. The topological polar surface area (TPSA) is 83.0 Å². The minimum Gasteiger partial charge on any atom is -0.384 e. The van der Waals surface area contributed by atoms with Gasteiger partial charge in [-0.2, -0.15) is 4.98 Å². The van der Waals surface area contributed by atoms with E-state index in [1.54, 1.807) is 25.8 Å². The molecule has 0 bridgehead atoms. The molecule has 0 saturated carbocycles. The van der Waals surface area contributed by atoms with E-state index in [1.165, 1.54) is 5.56 Å². The molecule has 0 N–H and O–H groups in total. The van der Waals surface area contributed by atoms with Crippen molar-refractivity contribution in [3.05, 3.63) is 81.5 Å². The molecule has 180 valence electrons. The number of hydrogen-bond acceptors (Lipinski definition) is 7. The molecule has 0 unspecified atom stereocenters. The molecule has 1 aliphatic carbocycles. The number of thioether (sulfide) groups is 1. The Morgan fingerprint density at radius 2 is 1.89 bits per heavy atom. The van der Waals surface area contributed by atoms with Crippen molar-refractivity contribution < 1.29 is 9.26 Å². The first-order valence-corrected chi connectivity index (χ1v) is 12.6. The summed E-state index contributed by atoms with van der Waals surface area (Å²) in [5.74, 6) is 1.79. The van der Waals surface area contributed by atoms with E-state index < -0.39 is 0 Å². The summed E-state index contributed by atoms with van der Waals surface area (Å²) in [5, 5.41) is 4.69. The zero-order chi connectivity index (χ0) is 24.6. The Balaban J connectivity index is 1.58. The van der Waals surface area contributed by atoms with E-state index in [0.29, 0.717) is 35.8 Å². The summed E-state index contributed by atoms with van der Waals surface area (Å²) in [6, 6.07) is 16.2. The highest BCUT2D eigenvalue weighted by atomic mass is 32.2. The maximum Gasteiger partial charge on any atom is 0.258 e. The zero-order valence-electron chi connectivity index (χ0n) is 20.4. The van der Waals surface area contributed by atoms with Crippen molar-refractivity contribution in [3.63, 3.8) is 0 Å². The molecule has 1 aliphatic rings. The fourth-order valence-electron chi connectivity index (χ4n) is 4.63. The number of nitrogens with zero attached hydrogens (tertiary/aromatic N) is 4. The molecule has 2 aromatic heterocycles. The lowest BCUT2D eigenvalue weighted by Crippen LogP contribution is -2.38. The predicted octanol–water partition coefficient (Wildman–Crippen LogP) is 4.89. The van der Waals surface area contributed by atoms with Gasteiger partial charge in [0.2, 0.25) is 11.7 Å². The quantitative estimate of drug-likeness (QED) is 0.208. The lowest BCUT2D eigenvalue weighted by molar-refractivity contribution is 0.218. The molecular weight excluding hydrogens is 460 g/mol. The third-order valence-electron chi connectivity index (χ3n) is 6.31. The number of ether oxygens (including phenoxy) is 1. The van der Waals surface area contributed by atoms with Gasteiger partial charge < -0.3 is 9.26 Å². The van der Waals surface area contributed by atoms with Crippen molar-refractivity contribution >= 4 is 11.8 Å². The molecule has 4 aromatic rings. The van der Waals surface area contributed by atoms with Gasteiger partial charge in [-0.05, 0) is 17.5 Å². The highest BCUT2D eigenvalue weighted by Gasteiger charge is 2.36. The van der Waals surface area contributed by atoms with Crippen LogP contribution < -0.4 is 5.56 Å². The molecule has 2 heterocycles. The van der Waals surface area contributed by atoms with Crippen LogP contribution in [0.1, 0.15) is 36.4 Å². The number of fused-ring (bicyclic) bond motifs is 3. The second kappa shape index (κ2) is 9.43. The van der Waals surface area contributed by atoms with E-state index in [9.17, 15) is 4.79 Å². The van der Waals surface area contributed by atoms with Crippen LogP contribution in [0.2, 0.25) is 0 Å². The third kappa shape index (κ3) is 4.56. The summed E-state index contributed by atoms with van der Waals surface area (Å²) in [6.45, 7) is 7.04. The molecule has 8 heteroatoms. The second-order valence-corrected chi connectivity index (χ2v) is 10.5. The Morgan fingerprint density at radius 3 is 2.60 bits per heavy atom. The number of methoxy groups -OCH3 is 1. The van der Waals surface area contributed by atoms with E-state index in [-0.39, 0.29) is 11.0 Å². The van der Waals surface area contributed by atoms with Crippen molar-refractivity contribution in [3.8, 4) is 22.6 Å². The SMILES string of the molecule is COCCSc1nc2c(c(=O)n1Cc1ccc(-c3noc(C)n3)cc1)C(C)(C)Cc1ccccc1-2. The maximum absolute atomic E-state index is 14.0. The Bertz CT molecular complexity index is 1420. The lowest BCUT2D eigenvalue weighted by atomic mass is 9.72. The predicted molar refractivity (Wildman–Crippen MR) is 137 cm³/mol. The Hall–Kier alpha value is -3.23. The van der Waals surface area contributed by atoms with Gasteiger partial charge in [-0.1, -0.05) is 79.3 Å². The van der Waals surface area contributed by atoms with Gasteiger partial charge in [-0.25, -0.2) is 4.98 Å². The van der Waals surface area contributed by atoms with Crippen LogP contribution in [-0.4, -0.2) is 39.2 Å². The summed E-state index contributed by atoms with van der Waals surface area (Å²) in [6.07, 6.45) is 0.808. The normalized spacial score (nSPS) is 13.9. The van der Waals surface area contributed by atoms with Crippen LogP contribution in [0.5, 0.6) is 0 Å². The van der Waals surface area contributed by atoms with Crippen LogP contribution in [0, 0.1) is 6.92 Å². The number of aryl methyl sites for hydroxylation is 1. The van der Waals surface area contributed by atoms with Crippen molar-refractivity contribution in [1.29, 1.82) is 0 Å². The van der Waals surface area contributed by atoms with E-state index >= 15 is 0 Å². The smallest absolute Gasteiger partial charge is 0.258 e. The van der Waals surface area contributed by atoms with Crippen LogP contribution in [0.3, 0.4) is 0 Å². The molecule has 0 radical (unpaired) electrons. The number of aromatic nitrogens is 4. The first-order valence-electron chi connectivity index (χ1n) is 11.6. The van der Waals surface area contributed by atoms with Crippen molar-refractivity contribution in [2.75, 3.05) is 19.5 Å². The molecule has 0 saturated heterocycles. The first-order chi connectivity index (χ1) is 16.9. The second-order valence-electron chi connectivity index (χ2n) is 9.40. The molecule has 0 atom stereocenters. The van der Waals surface area contributed by atoms with Gasteiger partial charge in [0.15, 0.2) is 5.16 Å².